The van der Waals surface area contributed by atoms with E-state index >= 15 is 0 Å². The lowest BCUT2D eigenvalue weighted by molar-refractivity contribution is 0.540. The van der Waals surface area contributed by atoms with E-state index in [1.54, 1.807) is 0 Å². The number of aryl methyl sites for hydroxylation is 3. The van der Waals surface area contributed by atoms with Crippen molar-refractivity contribution in [3.05, 3.63) is 52.8 Å². The Kier molecular flexibility index (Phi) is 4.38. The zero-order valence-electron chi connectivity index (χ0n) is 12.3. The fraction of sp³-hybridized carbons (Fsp3) is 0.438. The van der Waals surface area contributed by atoms with Crippen molar-refractivity contribution in [1.82, 2.24) is 15.1 Å². The SMILES string of the molecule is CCNC(c1ccccc1C)c1cc(C)nn1CC. The van der Waals surface area contributed by atoms with Gasteiger partial charge in [0.25, 0.3) is 0 Å². The molecule has 1 heterocycles. The number of rotatable bonds is 5. The van der Waals surface area contributed by atoms with Crippen LogP contribution in [0.2, 0.25) is 0 Å². The molecule has 0 aliphatic heterocycles. The van der Waals surface area contributed by atoms with Crippen molar-refractivity contribution < 1.29 is 0 Å². The van der Waals surface area contributed by atoms with Gasteiger partial charge in [0.2, 0.25) is 0 Å². The van der Waals surface area contributed by atoms with Crippen molar-refractivity contribution >= 4 is 0 Å². The van der Waals surface area contributed by atoms with Gasteiger partial charge in [0.1, 0.15) is 0 Å². The average Bonchev–Trinajstić information content (AvgIpc) is 2.78. The van der Waals surface area contributed by atoms with Crippen molar-refractivity contribution in [2.24, 2.45) is 0 Å². The van der Waals surface area contributed by atoms with Gasteiger partial charge in [-0.15, -0.1) is 0 Å². The average molecular weight is 257 g/mol. The maximum absolute atomic E-state index is 4.56. The van der Waals surface area contributed by atoms with E-state index in [9.17, 15) is 0 Å². The molecule has 1 N–H and O–H groups in total. The Balaban J connectivity index is 2.48. The van der Waals surface area contributed by atoms with Crippen molar-refractivity contribution in [3.8, 4) is 0 Å². The van der Waals surface area contributed by atoms with Crippen LogP contribution in [-0.2, 0) is 6.54 Å². The topological polar surface area (TPSA) is 29.9 Å². The van der Waals surface area contributed by atoms with Crippen LogP contribution in [0.25, 0.3) is 0 Å². The molecular weight excluding hydrogens is 234 g/mol. The van der Waals surface area contributed by atoms with Crippen LogP contribution in [0.15, 0.2) is 30.3 Å². The molecule has 1 atom stereocenters. The van der Waals surface area contributed by atoms with Gasteiger partial charge in [0, 0.05) is 6.54 Å². The van der Waals surface area contributed by atoms with Crippen LogP contribution in [0.1, 0.15) is 42.4 Å². The van der Waals surface area contributed by atoms with E-state index < -0.39 is 0 Å². The molecule has 1 unspecified atom stereocenters. The first-order chi connectivity index (χ1) is 9.17. The zero-order chi connectivity index (χ0) is 13.8. The minimum atomic E-state index is 0.215. The molecule has 3 heteroatoms. The van der Waals surface area contributed by atoms with Gasteiger partial charge in [-0.25, -0.2) is 0 Å². The summed E-state index contributed by atoms with van der Waals surface area (Å²) in [7, 11) is 0. The van der Waals surface area contributed by atoms with Crippen LogP contribution >= 0.6 is 0 Å². The van der Waals surface area contributed by atoms with Crippen LogP contribution in [0.5, 0.6) is 0 Å². The predicted molar refractivity (Wildman–Crippen MR) is 79.3 cm³/mol. The summed E-state index contributed by atoms with van der Waals surface area (Å²) < 4.78 is 2.09. The number of hydrogen-bond acceptors (Lipinski definition) is 2. The van der Waals surface area contributed by atoms with Crippen LogP contribution in [0.4, 0.5) is 0 Å². The Hall–Kier alpha value is -1.61. The number of hydrogen-bond donors (Lipinski definition) is 1. The number of nitrogens with zero attached hydrogens (tertiary/aromatic N) is 2. The maximum atomic E-state index is 4.56. The second kappa shape index (κ2) is 6.02. The van der Waals surface area contributed by atoms with E-state index in [2.05, 4.69) is 73.1 Å². The van der Waals surface area contributed by atoms with E-state index in [1.165, 1.54) is 16.8 Å². The maximum Gasteiger partial charge on any atom is 0.0750 e. The van der Waals surface area contributed by atoms with E-state index in [4.69, 9.17) is 0 Å². The minimum Gasteiger partial charge on any atom is -0.305 e. The molecule has 0 bridgehead atoms. The lowest BCUT2D eigenvalue weighted by Gasteiger charge is -2.21. The Labute approximate surface area is 115 Å². The van der Waals surface area contributed by atoms with Crippen LogP contribution in [0.3, 0.4) is 0 Å². The van der Waals surface area contributed by atoms with Gasteiger partial charge in [0.05, 0.1) is 17.4 Å². The van der Waals surface area contributed by atoms with Crippen LogP contribution in [0, 0.1) is 13.8 Å². The number of benzene rings is 1. The summed E-state index contributed by atoms with van der Waals surface area (Å²) in [5.41, 5.74) is 4.97. The summed E-state index contributed by atoms with van der Waals surface area (Å²) in [5.74, 6) is 0. The molecule has 0 saturated heterocycles. The summed E-state index contributed by atoms with van der Waals surface area (Å²) in [5, 5.41) is 8.15. The van der Waals surface area contributed by atoms with Gasteiger partial charge in [0.15, 0.2) is 0 Å². The molecular formula is C16H23N3. The van der Waals surface area contributed by atoms with E-state index in [1.807, 2.05) is 0 Å². The molecule has 0 saturated carbocycles. The van der Waals surface area contributed by atoms with Crippen molar-refractivity contribution in [3.63, 3.8) is 0 Å². The third-order valence-corrected chi connectivity index (χ3v) is 3.44. The summed E-state index contributed by atoms with van der Waals surface area (Å²) in [6.45, 7) is 10.3. The normalized spacial score (nSPS) is 12.6. The molecule has 1 aromatic carbocycles. The molecule has 0 aliphatic carbocycles. The van der Waals surface area contributed by atoms with Gasteiger partial charge in [-0.3, -0.25) is 4.68 Å². The lowest BCUT2D eigenvalue weighted by atomic mass is 9.98. The molecule has 0 radical (unpaired) electrons. The number of nitrogens with one attached hydrogen (secondary N) is 1. The van der Waals surface area contributed by atoms with Crippen molar-refractivity contribution in [2.75, 3.05) is 6.54 Å². The monoisotopic (exact) mass is 257 g/mol. The fourth-order valence-corrected chi connectivity index (χ4v) is 2.54. The molecule has 102 valence electrons. The third kappa shape index (κ3) is 2.87. The molecule has 2 rings (SSSR count). The number of aromatic nitrogens is 2. The second-order valence-electron chi connectivity index (χ2n) is 4.87. The van der Waals surface area contributed by atoms with Gasteiger partial charge in [-0.2, -0.15) is 5.10 Å². The highest BCUT2D eigenvalue weighted by molar-refractivity contribution is 5.35. The Morgan fingerprint density at radius 2 is 1.95 bits per heavy atom. The third-order valence-electron chi connectivity index (χ3n) is 3.44. The molecule has 0 aliphatic rings. The first-order valence-corrected chi connectivity index (χ1v) is 7.00. The summed E-state index contributed by atoms with van der Waals surface area (Å²) in [4.78, 5) is 0. The van der Waals surface area contributed by atoms with E-state index in [-0.39, 0.29) is 6.04 Å². The predicted octanol–water partition coefficient (Wildman–Crippen LogP) is 3.22. The fourth-order valence-electron chi connectivity index (χ4n) is 2.54. The molecule has 1 aromatic heterocycles. The van der Waals surface area contributed by atoms with Crippen LogP contribution < -0.4 is 5.32 Å². The Bertz CT molecular complexity index is 543. The van der Waals surface area contributed by atoms with E-state index in [0.717, 1.165) is 18.8 Å². The molecule has 0 fully saturated rings. The second-order valence-corrected chi connectivity index (χ2v) is 4.87. The Morgan fingerprint density at radius 3 is 2.58 bits per heavy atom. The van der Waals surface area contributed by atoms with Crippen molar-refractivity contribution in [1.29, 1.82) is 0 Å². The van der Waals surface area contributed by atoms with Crippen LogP contribution in [-0.4, -0.2) is 16.3 Å². The van der Waals surface area contributed by atoms with Gasteiger partial charge in [-0.05, 0) is 44.5 Å². The standard InChI is InChI=1S/C16H23N3/c1-5-17-16(14-10-8-7-9-12(14)3)15-11-13(4)18-19(15)6-2/h7-11,16-17H,5-6H2,1-4H3. The summed E-state index contributed by atoms with van der Waals surface area (Å²) in [6, 6.07) is 11.0. The molecule has 3 nitrogen and oxygen atoms in total. The molecule has 2 aromatic rings. The zero-order valence-corrected chi connectivity index (χ0v) is 12.3. The summed E-state index contributed by atoms with van der Waals surface area (Å²) in [6.07, 6.45) is 0. The first kappa shape index (κ1) is 13.8. The molecule has 0 amide bonds. The van der Waals surface area contributed by atoms with E-state index in [0.29, 0.717) is 0 Å². The van der Waals surface area contributed by atoms with Gasteiger partial charge in [-0.1, -0.05) is 31.2 Å². The lowest BCUT2D eigenvalue weighted by Crippen LogP contribution is -2.25. The quantitative estimate of drug-likeness (QED) is 0.891. The summed E-state index contributed by atoms with van der Waals surface area (Å²) >= 11 is 0. The highest BCUT2D eigenvalue weighted by Gasteiger charge is 2.19. The highest BCUT2D eigenvalue weighted by atomic mass is 15.3. The van der Waals surface area contributed by atoms with Gasteiger partial charge < -0.3 is 5.32 Å². The molecule has 0 spiro atoms. The van der Waals surface area contributed by atoms with Crippen molar-refractivity contribution in [2.45, 2.75) is 40.3 Å². The smallest absolute Gasteiger partial charge is 0.0750 e. The van der Waals surface area contributed by atoms with Gasteiger partial charge >= 0.3 is 0 Å². The molecule has 19 heavy (non-hydrogen) atoms. The minimum absolute atomic E-state index is 0.215. The highest BCUT2D eigenvalue weighted by Crippen LogP contribution is 2.25. The first-order valence-electron chi connectivity index (χ1n) is 7.00. The largest absolute Gasteiger partial charge is 0.305 e. The Morgan fingerprint density at radius 1 is 1.21 bits per heavy atom.